The molecule has 0 aliphatic rings. The third-order valence-electron chi connectivity index (χ3n) is 3.77. The number of hydrogen-bond acceptors (Lipinski definition) is 3. The van der Waals surface area contributed by atoms with E-state index in [1.807, 2.05) is 35.2 Å². The molecule has 0 spiro atoms. The van der Waals surface area contributed by atoms with Crippen molar-refractivity contribution in [3.63, 3.8) is 0 Å². The Morgan fingerprint density at radius 2 is 1.64 bits per heavy atom. The molecule has 4 nitrogen and oxygen atoms in total. The Balaban J connectivity index is 1.72. The maximum absolute atomic E-state index is 12.9. The molecule has 1 heterocycles. The van der Waals surface area contributed by atoms with Gasteiger partial charge in [-0.2, -0.15) is 0 Å². The van der Waals surface area contributed by atoms with Crippen LogP contribution in [0.5, 0.6) is 0 Å². The summed E-state index contributed by atoms with van der Waals surface area (Å²) in [7, 11) is 0. The summed E-state index contributed by atoms with van der Waals surface area (Å²) in [6, 6.07) is 15.8. The van der Waals surface area contributed by atoms with E-state index in [9.17, 15) is 14.0 Å². The number of Topliss-reactive ketones (excluding diaryl/α,β-unsaturated/α-hetero) is 1. The summed E-state index contributed by atoms with van der Waals surface area (Å²) in [5, 5.41) is 0. The molecule has 0 bridgehead atoms. The molecule has 0 saturated heterocycles. The second-order valence-electron chi connectivity index (χ2n) is 5.56. The van der Waals surface area contributed by atoms with Gasteiger partial charge in [0.2, 0.25) is 5.78 Å². The second kappa shape index (κ2) is 7.13. The highest BCUT2D eigenvalue weighted by Crippen LogP contribution is 2.14. The summed E-state index contributed by atoms with van der Waals surface area (Å²) in [6.07, 6.45) is 2.77. The van der Waals surface area contributed by atoms with Crippen LogP contribution in [0, 0.1) is 5.82 Å². The summed E-state index contributed by atoms with van der Waals surface area (Å²) in [6.45, 7) is 1.50. The number of hydrogen-bond donors (Lipinski definition) is 0. The zero-order valence-electron chi connectivity index (χ0n) is 13.6. The van der Waals surface area contributed by atoms with Crippen LogP contribution in [-0.2, 0) is 4.74 Å². The van der Waals surface area contributed by atoms with Gasteiger partial charge < -0.3 is 9.30 Å². The zero-order valence-corrected chi connectivity index (χ0v) is 13.6. The quantitative estimate of drug-likeness (QED) is 0.521. The van der Waals surface area contributed by atoms with Crippen LogP contribution < -0.4 is 0 Å². The minimum absolute atomic E-state index is 0.294. The van der Waals surface area contributed by atoms with Crippen molar-refractivity contribution < 1.29 is 18.7 Å². The van der Waals surface area contributed by atoms with Gasteiger partial charge in [0, 0.05) is 23.6 Å². The summed E-state index contributed by atoms with van der Waals surface area (Å²) in [5.74, 6) is -1.39. The van der Waals surface area contributed by atoms with E-state index in [2.05, 4.69) is 0 Å². The number of benzene rings is 2. The Labute approximate surface area is 144 Å². The Kier molecular flexibility index (Phi) is 4.75. The normalized spacial score (nSPS) is 11.8. The number of ether oxygens (including phenoxy) is 1. The van der Waals surface area contributed by atoms with Crippen molar-refractivity contribution in [3.8, 4) is 5.69 Å². The third-order valence-corrected chi connectivity index (χ3v) is 3.77. The first-order valence-electron chi connectivity index (χ1n) is 7.79. The number of carbonyl (C=O) groups excluding carboxylic acids is 2. The number of nitrogens with zero attached hydrogens (tertiary/aromatic N) is 1. The third kappa shape index (κ3) is 3.83. The summed E-state index contributed by atoms with van der Waals surface area (Å²) >= 11 is 0. The van der Waals surface area contributed by atoms with Gasteiger partial charge in [0.05, 0.1) is 5.56 Å². The minimum Gasteiger partial charge on any atom is -0.451 e. The Morgan fingerprint density at radius 1 is 0.960 bits per heavy atom. The van der Waals surface area contributed by atoms with E-state index in [4.69, 9.17) is 4.74 Å². The first-order valence-corrected chi connectivity index (χ1v) is 7.79. The standard InChI is InChI=1S/C20H16FNO3/c1-14(19(23)15-7-9-17(21)10-8-15)25-20(24)16-5-4-6-18(13-16)22-11-2-3-12-22/h2-14H,1H3/t14-/m1/s1. The van der Waals surface area contributed by atoms with Crippen LogP contribution in [0.25, 0.3) is 5.69 Å². The maximum Gasteiger partial charge on any atom is 0.338 e. The summed E-state index contributed by atoms with van der Waals surface area (Å²) < 4.78 is 20.1. The van der Waals surface area contributed by atoms with Crippen LogP contribution in [0.15, 0.2) is 73.1 Å². The Bertz CT molecular complexity index is 886. The molecule has 126 valence electrons. The topological polar surface area (TPSA) is 48.3 Å². The largest absolute Gasteiger partial charge is 0.451 e. The van der Waals surface area contributed by atoms with Gasteiger partial charge in [0.1, 0.15) is 5.82 Å². The Hall–Kier alpha value is -3.21. The van der Waals surface area contributed by atoms with Crippen molar-refractivity contribution in [2.24, 2.45) is 0 Å². The number of aromatic nitrogens is 1. The number of halogens is 1. The van der Waals surface area contributed by atoms with Gasteiger partial charge >= 0.3 is 5.97 Å². The predicted octanol–water partition coefficient (Wildman–Crippen LogP) is 4.04. The lowest BCUT2D eigenvalue weighted by Crippen LogP contribution is -2.24. The van der Waals surface area contributed by atoms with E-state index in [1.165, 1.54) is 31.2 Å². The number of esters is 1. The van der Waals surface area contributed by atoms with E-state index < -0.39 is 17.9 Å². The first-order chi connectivity index (χ1) is 12.0. The molecule has 1 atom stereocenters. The molecule has 5 heteroatoms. The van der Waals surface area contributed by atoms with E-state index in [-0.39, 0.29) is 5.78 Å². The number of carbonyl (C=O) groups is 2. The van der Waals surface area contributed by atoms with Crippen LogP contribution in [0.2, 0.25) is 0 Å². The van der Waals surface area contributed by atoms with Crippen molar-refractivity contribution in [2.45, 2.75) is 13.0 Å². The van der Waals surface area contributed by atoms with Crippen LogP contribution in [-0.4, -0.2) is 22.4 Å². The lowest BCUT2D eigenvalue weighted by Gasteiger charge is -2.13. The fraction of sp³-hybridized carbons (Fsp3) is 0.100. The SMILES string of the molecule is C[C@@H](OC(=O)c1cccc(-n2cccc2)c1)C(=O)c1ccc(F)cc1. The molecule has 1 aromatic heterocycles. The number of ketones is 1. The van der Waals surface area contributed by atoms with Gasteiger partial charge in [-0.15, -0.1) is 0 Å². The molecule has 0 radical (unpaired) electrons. The van der Waals surface area contributed by atoms with Crippen molar-refractivity contribution in [3.05, 3.63) is 90.0 Å². The van der Waals surface area contributed by atoms with Gasteiger partial charge in [-0.25, -0.2) is 9.18 Å². The lowest BCUT2D eigenvalue weighted by atomic mass is 10.1. The van der Waals surface area contributed by atoms with Crippen LogP contribution >= 0.6 is 0 Å². The van der Waals surface area contributed by atoms with Crippen LogP contribution in [0.1, 0.15) is 27.6 Å². The highest BCUT2D eigenvalue weighted by Gasteiger charge is 2.20. The number of rotatable bonds is 5. The molecular formula is C20H16FNO3. The molecule has 0 N–H and O–H groups in total. The smallest absolute Gasteiger partial charge is 0.338 e. The monoisotopic (exact) mass is 337 g/mol. The molecule has 0 unspecified atom stereocenters. The molecule has 0 aliphatic heterocycles. The summed E-state index contributed by atoms with van der Waals surface area (Å²) in [5.41, 5.74) is 1.46. The molecule has 0 aliphatic carbocycles. The van der Waals surface area contributed by atoms with Crippen LogP contribution in [0.3, 0.4) is 0 Å². The van der Waals surface area contributed by atoms with Crippen molar-refractivity contribution in [1.29, 1.82) is 0 Å². The second-order valence-corrected chi connectivity index (χ2v) is 5.56. The average molecular weight is 337 g/mol. The van der Waals surface area contributed by atoms with Crippen molar-refractivity contribution >= 4 is 11.8 Å². The molecule has 3 rings (SSSR count). The van der Waals surface area contributed by atoms with E-state index >= 15 is 0 Å². The highest BCUT2D eigenvalue weighted by atomic mass is 19.1. The van der Waals surface area contributed by atoms with E-state index in [0.717, 1.165) is 5.69 Å². The van der Waals surface area contributed by atoms with E-state index in [0.29, 0.717) is 11.1 Å². The molecular weight excluding hydrogens is 321 g/mol. The van der Waals surface area contributed by atoms with Crippen molar-refractivity contribution in [2.75, 3.05) is 0 Å². The maximum atomic E-state index is 12.9. The molecule has 0 fully saturated rings. The zero-order chi connectivity index (χ0) is 17.8. The molecule has 0 amide bonds. The highest BCUT2D eigenvalue weighted by molar-refractivity contribution is 6.01. The fourth-order valence-corrected chi connectivity index (χ4v) is 2.43. The van der Waals surface area contributed by atoms with Crippen molar-refractivity contribution in [1.82, 2.24) is 4.57 Å². The molecule has 0 saturated carbocycles. The van der Waals surface area contributed by atoms with Gasteiger partial charge in [-0.05, 0) is 61.5 Å². The van der Waals surface area contributed by atoms with Gasteiger partial charge in [-0.3, -0.25) is 4.79 Å². The summed E-state index contributed by atoms with van der Waals surface area (Å²) in [4.78, 5) is 24.6. The lowest BCUT2D eigenvalue weighted by molar-refractivity contribution is 0.0319. The predicted molar refractivity (Wildman–Crippen MR) is 91.4 cm³/mol. The minimum atomic E-state index is -0.965. The van der Waals surface area contributed by atoms with E-state index in [1.54, 1.807) is 18.2 Å². The fourth-order valence-electron chi connectivity index (χ4n) is 2.43. The Morgan fingerprint density at radius 3 is 2.32 bits per heavy atom. The van der Waals surface area contributed by atoms with Gasteiger partial charge in [0.15, 0.2) is 6.10 Å². The molecule has 25 heavy (non-hydrogen) atoms. The van der Waals surface area contributed by atoms with Crippen LogP contribution in [0.4, 0.5) is 4.39 Å². The van der Waals surface area contributed by atoms with Gasteiger partial charge in [0.25, 0.3) is 0 Å². The molecule has 3 aromatic rings. The van der Waals surface area contributed by atoms with Gasteiger partial charge in [-0.1, -0.05) is 6.07 Å². The average Bonchev–Trinajstić information content (AvgIpc) is 3.16. The molecule has 2 aromatic carbocycles. The first kappa shape index (κ1) is 16.6.